The number of carbonyl (C=O) groups is 1. The number of ether oxygens (including phenoxy) is 1. The highest BCUT2D eigenvalue weighted by Gasteiger charge is 2.42. The van der Waals surface area contributed by atoms with Gasteiger partial charge in [0.05, 0.1) is 23.1 Å². The van der Waals surface area contributed by atoms with Crippen LogP contribution in [-0.2, 0) is 20.2 Å². The Hall–Kier alpha value is -3.23. The molecule has 0 radical (unpaired) electrons. The number of nitrogens with one attached hydrogen (secondary N) is 2. The zero-order valence-corrected chi connectivity index (χ0v) is 19.5. The number of amides is 1. The van der Waals surface area contributed by atoms with Crippen LogP contribution < -0.4 is 14.8 Å². The number of aromatic nitrogens is 1. The summed E-state index contributed by atoms with van der Waals surface area (Å²) < 4.78 is 31.5. The standard InChI is InChI=1S/C25H27N3O4S.2H2/c1-26-33(30,31)21-14-8-18(9-15-21)22-6-5-7-23(27-22)28-24(29)25(16-3-4-17-25)19-10-12-20(32-2)13-11-19;;/h5-15,26H,3-4,16-17H2,1-2H3,(H,27,28,29);2*1H. The first kappa shape index (κ1) is 22.9. The van der Waals surface area contributed by atoms with Crippen LogP contribution in [0.2, 0.25) is 0 Å². The molecular formula is C25H31N3O4S. The molecule has 1 heterocycles. The number of hydrogen-bond acceptors (Lipinski definition) is 5. The zero-order chi connectivity index (χ0) is 23.5. The lowest BCUT2D eigenvalue weighted by Crippen LogP contribution is -2.38. The second-order valence-corrected chi connectivity index (χ2v) is 10.00. The lowest BCUT2D eigenvalue weighted by atomic mass is 9.78. The molecule has 1 aliphatic carbocycles. The monoisotopic (exact) mass is 469 g/mol. The van der Waals surface area contributed by atoms with E-state index in [1.54, 1.807) is 25.3 Å². The molecule has 33 heavy (non-hydrogen) atoms. The van der Waals surface area contributed by atoms with Crippen LogP contribution >= 0.6 is 0 Å². The molecule has 0 saturated heterocycles. The maximum absolute atomic E-state index is 13.5. The van der Waals surface area contributed by atoms with Crippen LogP contribution in [0.5, 0.6) is 5.75 Å². The van der Waals surface area contributed by atoms with Crippen molar-refractivity contribution in [2.45, 2.75) is 36.0 Å². The zero-order valence-electron chi connectivity index (χ0n) is 18.7. The van der Waals surface area contributed by atoms with Gasteiger partial charge in [0.15, 0.2) is 0 Å². The number of pyridine rings is 1. The molecular weight excluding hydrogens is 438 g/mol. The van der Waals surface area contributed by atoms with Gasteiger partial charge >= 0.3 is 0 Å². The summed E-state index contributed by atoms with van der Waals surface area (Å²) in [7, 11) is -0.505. The Morgan fingerprint density at radius 1 is 1.00 bits per heavy atom. The van der Waals surface area contributed by atoms with Gasteiger partial charge in [-0.3, -0.25) is 4.79 Å². The van der Waals surface area contributed by atoms with Gasteiger partial charge in [0, 0.05) is 8.42 Å². The third kappa shape index (κ3) is 4.62. The van der Waals surface area contributed by atoms with Crippen molar-refractivity contribution in [2.75, 3.05) is 19.5 Å². The van der Waals surface area contributed by atoms with E-state index in [4.69, 9.17) is 4.74 Å². The number of methoxy groups -OCH3 is 1. The minimum absolute atomic E-state index is 0. The highest BCUT2D eigenvalue weighted by atomic mass is 32.2. The van der Waals surface area contributed by atoms with E-state index in [1.807, 2.05) is 36.4 Å². The Balaban J connectivity index is 0.00000216. The SMILES string of the molecule is CNS(=O)(=O)c1ccc(-c2cccc(NC(=O)C3(c4ccc(OC)cc4)CCCC3)n2)cc1.[HH].[HH]. The predicted octanol–water partition coefficient (Wildman–Crippen LogP) is 4.61. The summed E-state index contributed by atoms with van der Waals surface area (Å²) >= 11 is 0. The first-order valence-corrected chi connectivity index (χ1v) is 12.3. The van der Waals surface area contributed by atoms with E-state index in [0.717, 1.165) is 42.6 Å². The fraction of sp³-hybridized carbons (Fsp3) is 0.280. The Labute approximate surface area is 197 Å². The molecule has 4 rings (SSSR count). The average Bonchev–Trinajstić information content (AvgIpc) is 3.36. The molecule has 1 fully saturated rings. The molecule has 176 valence electrons. The molecule has 0 bridgehead atoms. The van der Waals surface area contributed by atoms with Crippen molar-refractivity contribution in [3.63, 3.8) is 0 Å². The van der Waals surface area contributed by atoms with Crippen LogP contribution in [0.15, 0.2) is 71.6 Å². The molecule has 0 spiro atoms. The maximum atomic E-state index is 13.5. The predicted molar refractivity (Wildman–Crippen MR) is 132 cm³/mol. The number of sulfonamides is 1. The van der Waals surface area contributed by atoms with E-state index in [1.165, 1.54) is 19.2 Å². The quantitative estimate of drug-likeness (QED) is 0.527. The van der Waals surface area contributed by atoms with Gasteiger partial charge in [0.2, 0.25) is 15.9 Å². The molecule has 0 aliphatic heterocycles. The molecule has 0 atom stereocenters. The van der Waals surface area contributed by atoms with Gasteiger partial charge in [-0.25, -0.2) is 18.1 Å². The highest BCUT2D eigenvalue weighted by molar-refractivity contribution is 7.89. The maximum Gasteiger partial charge on any atom is 0.240 e. The first-order valence-electron chi connectivity index (χ1n) is 10.8. The fourth-order valence-electron chi connectivity index (χ4n) is 4.36. The van der Waals surface area contributed by atoms with E-state index in [0.29, 0.717) is 11.5 Å². The van der Waals surface area contributed by atoms with E-state index in [9.17, 15) is 13.2 Å². The number of carbonyl (C=O) groups excluding carboxylic acids is 1. The van der Waals surface area contributed by atoms with Crippen molar-refractivity contribution in [1.82, 2.24) is 9.71 Å². The Morgan fingerprint density at radius 3 is 2.27 bits per heavy atom. The Bertz CT molecular complexity index is 1240. The number of nitrogens with zero attached hydrogens (tertiary/aromatic N) is 1. The van der Waals surface area contributed by atoms with Crippen LogP contribution in [-0.4, -0.2) is 33.5 Å². The summed E-state index contributed by atoms with van der Waals surface area (Å²) in [4.78, 5) is 18.3. The number of anilines is 1. The number of benzene rings is 2. The molecule has 0 unspecified atom stereocenters. The van der Waals surface area contributed by atoms with Gasteiger partial charge in [0.25, 0.3) is 0 Å². The second kappa shape index (κ2) is 9.33. The van der Waals surface area contributed by atoms with Gasteiger partial charge in [-0.05, 0) is 61.9 Å². The molecule has 8 heteroatoms. The van der Waals surface area contributed by atoms with Crippen molar-refractivity contribution in [1.29, 1.82) is 0 Å². The van der Waals surface area contributed by atoms with E-state index >= 15 is 0 Å². The van der Waals surface area contributed by atoms with Crippen molar-refractivity contribution in [2.24, 2.45) is 0 Å². The molecule has 1 aliphatic rings. The van der Waals surface area contributed by atoms with Gasteiger partial charge in [-0.1, -0.05) is 43.2 Å². The molecule has 3 aromatic rings. The van der Waals surface area contributed by atoms with Crippen LogP contribution in [0.4, 0.5) is 5.82 Å². The van der Waals surface area contributed by atoms with Crippen LogP contribution in [0, 0.1) is 0 Å². The summed E-state index contributed by atoms with van der Waals surface area (Å²) in [5.41, 5.74) is 1.79. The van der Waals surface area contributed by atoms with E-state index in [2.05, 4.69) is 15.0 Å². The van der Waals surface area contributed by atoms with Crippen LogP contribution in [0.3, 0.4) is 0 Å². The lowest BCUT2D eigenvalue weighted by molar-refractivity contribution is -0.121. The van der Waals surface area contributed by atoms with Crippen molar-refractivity contribution in [3.05, 3.63) is 72.3 Å². The molecule has 1 amide bonds. The largest absolute Gasteiger partial charge is 0.497 e. The number of hydrogen-bond donors (Lipinski definition) is 2. The van der Waals surface area contributed by atoms with Gasteiger partial charge in [0.1, 0.15) is 11.6 Å². The third-order valence-electron chi connectivity index (χ3n) is 6.25. The third-order valence-corrected chi connectivity index (χ3v) is 7.68. The van der Waals surface area contributed by atoms with Crippen LogP contribution in [0.1, 0.15) is 34.1 Å². The molecule has 2 aromatic carbocycles. The topological polar surface area (TPSA) is 97.4 Å². The van der Waals surface area contributed by atoms with E-state index < -0.39 is 15.4 Å². The van der Waals surface area contributed by atoms with E-state index in [-0.39, 0.29) is 13.7 Å². The minimum Gasteiger partial charge on any atom is -0.497 e. The summed E-state index contributed by atoms with van der Waals surface area (Å²) in [6.07, 6.45) is 3.56. The second-order valence-electron chi connectivity index (χ2n) is 8.11. The average molecular weight is 470 g/mol. The molecule has 1 aromatic heterocycles. The van der Waals surface area contributed by atoms with Crippen molar-refractivity contribution in [3.8, 4) is 17.0 Å². The lowest BCUT2D eigenvalue weighted by Gasteiger charge is -2.28. The molecule has 7 nitrogen and oxygen atoms in total. The van der Waals surface area contributed by atoms with Crippen molar-refractivity contribution < 1.29 is 20.8 Å². The summed E-state index contributed by atoms with van der Waals surface area (Å²) in [6.45, 7) is 0. The summed E-state index contributed by atoms with van der Waals surface area (Å²) in [5, 5.41) is 3.02. The number of rotatable bonds is 7. The van der Waals surface area contributed by atoms with Crippen molar-refractivity contribution >= 4 is 21.7 Å². The molecule has 1 saturated carbocycles. The Morgan fingerprint density at radius 2 is 1.67 bits per heavy atom. The smallest absolute Gasteiger partial charge is 0.240 e. The fourth-order valence-corrected chi connectivity index (χ4v) is 5.09. The molecule has 2 N–H and O–H groups in total. The summed E-state index contributed by atoms with van der Waals surface area (Å²) in [5.74, 6) is 1.16. The normalized spacial score (nSPS) is 15.2. The Kier molecular flexibility index (Phi) is 6.49. The van der Waals surface area contributed by atoms with Crippen LogP contribution in [0.25, 0.3) is 11.3 Å². The minimum atomic E-state index is -3.50. The highest BCUT2D eigenvalue weighted by Crippen LogP contribution is 2.42. The summed E-state index contributed by atoms with van der Waals surface area (Å²) in [6, 6.07) is 19.6. The van der Waals surface area contributed by atoms with Gasteiger partial charge in [-0.15, -0.1) is 0 Å². The first-order chi connectivity index (χ1) is 15.9. The van der Waals surface area contributed by atoms with Gasteiger partial charge in [-0.2, -0.15) is 0 Å². The van der Waals surface area contributed by atoms with Gasteiger partial charge < -0.3 is 10.1 Å².